The summed E-state index contributed by atoms with van der Waals surface area (Å²) in [7, 11) is 1.50. The summed E-state index contributed by atoms with van der Waals surface area (Å²) in [5.41, 5.74) is 5.36. The highest BCUT2D eigenvalue weighted by Crippen LogP contribution is 2.29. The van der Waals surface area contributed by atoms with Gasteiger partial charge in [-0.05, 0) is 12.1 Å². The lowest BCUT2D eigenvalue weighted by Gasteiger charge is -2.22. The van der Waals surface area contributed by atoms with Crippen LogP contribution in [-0.2, 0) is 4.74 Å². The Morgan fingerprint density at radius 3 is 2.71 bits per heavy atom. The number of hydrogen-bond donors (Lipinski definition) is 4. The van der Waals surface area contributed by atoms with Crippen LogP contribution in [-0.4, -0.2) is 58.9 Å². The second-order valence-corrected chi connectivity index (χ2v) is 4.30. The minimum absolute atomic E-state index is 0.00894. The van der Waals surface area contributed by atoms with Crippen LogP contribution in [0.4, 0.5) is 0 Å². The van der Waals surface area contributed by atoms with E-state index in [0.29, 0.717) is 6.61 Å². The maximum atomic E-state index is 12.4. The number of phenols is 2. The molecule has 8 nitrogen and oxygen atoms in total. The molecule has 0 saturated heterocycles. The van der Waals surface area contributed by atoms with Gasteiger partial charge in [0.1, 0.15) is 5.84 Å². The molecule has 0 heterocycles. The van der Waals surface area contributed by atoms with Crippen LogP contribution >= 0.6 is 0 Å². The van der Waals surface area contributed by atoms with Gasteiger partial charge in [-0.25, -0.2) is 0 Å². The third-order valence-corrected chi connectivity index (χ3v) is 2.86. The number of nitrogens with zero attached hydrogens (tertiary/aromatic N) is 2. The van der Waals surface area contributed by atoms with E-state index in [0.717, 1.165) is 0 Å². The van der Waals surface area contributed by atoms with E-state index < -0.39 is 11.7 Å². The molecule has 21 heavy (non-hydrogen) atoms. The molecule has 0 radical (unpaired) electrons. The molecule has 0 aliphatic carbocycles. The van der Waals surface area contributed by atoms with E-state index >= 15 is 0 Å². The topological polar surface area (TPSA) is 129 Å². The lowest BCUT2D eigenvalue weighted by Crippen LogP contribution is -2.36. The number of oxime groups is 1. The maximum Gasteiger partial charge on any atom is 0.257 e. The van der Waals surface area contributed by atoms with E-state index in [-0.39, 0.29) is 36.7 Å². The van der Waals surface area contributed by atoms with Gasteiger partial charge in [-0.1, -0.05) is 11.2 Å². The van der Waals surface area contributed by atoms with Crippen LogP contribution in [0.15, 0.2) is 23.4 Å². The molecule has 0 atom stereocenters. The predicted molar refractivity (Wildman–Crippen MR) is 75.6 cm³/mol. The van der Waals surface area contributed by atoms with Gasteiger partial charge in [-0.2, -0.15) is 0 Å². The number of phenolic OH excluding ortho intramolecular Hbond substituents is 2. The fourth-order valence-corrected chi connectivity index (χ4v) is 1.69. The molecule has 0 unspecified atom stereocenters. The number of nitrogens with two attached hydrogens (primary N) is 1. The summed E-state index contributed by atoms with van der Waals surface area (Å²) in [6, 6.07) is 4.14. The molecule has 0 aliphatic rings. The van der Waals surface area contributed by atoms with Crippen LogP contribution in [0.3, 0.4) is 0 Å². The normalized spacial score (nSPS) is 11.4. The van der Waals surface area contributed by atoms with E-state index in [4.69, 9.17) is 15.7 Å². The zero-order valence-corrected chi connectivity index (χ0v) is 11.7. The zero-order chi connectivity index (χ0) is 15.8. The fourth-order valence-electron chi connectivity index (χ4n) is 1.69. The van der Waals surface area contributed by atoms with E-state index in [1.165, 1.54) is 30.2 Å². The third kappa shape index (κ3) is 4.53. The Hall–Kier alpha value is -2.48. The highest BCUT2D eigenvalue weighted by atomic mass is 16.5. The number of amidine groups is 1. The molecule has 0 aliphatic heterocycles. The van der Waals surface area contributed by atoms with Gasteiger partial charge in [0.2, 0.25) is 0 Å². The van der Waals surface area contributed by atoms with Crippen molar-refractivity contribution in [2.45, 2.75) is 6.42 Å². The Labute approximate surface area is 122 Å². The van der Waals surface area contributed by atoms with Gasteiger partial charge in [0.05, 0.1) is 12.2 Å². The Kier molecular flexibility index (Phi) is 6.28. The number of benzene rings is 1. The van der Waals surface area contributed by atoms with Crippen molar-refractivity contribution in [3.8, 4) is 11.5 Å². The van der Waals surface area contributed by atoms with Crippen molar-refractivity contribution >= 4 is 11.7 Å². The van der Waals surface area contributed by atoms with Crippen LogP contribution in [0.25, 0.3) is 0 Å². The van der Waals surface area contributed by atoms with Crippen molar-refractivity contribution < 1.29 is 25.0 Å². The zero-order valence-electron chi connectivity index (χ0n) is 11.7. The van der Waals surface area contributed by atoms with Crippen molar-refractivity contribution in [2.24, 2.45) is 10.9 Å². The van der Waals surface area contributed by atoms with Crippen LogP contribution < -0.4 is 5.73 Å². The Bertz CT molecular complexity index is 519. The number of hydrogen-bond acceptors (Lipinski definition) is 6. The van der Waals surface area contributed by atoms with E-state index in [9.17, 15) is 15.0 Å². The molecule has 0 aromatic heterocycles. The van der Waals surface area contributed by atoms with Gasteiger partial charge in [0.25, 0.3) is 5.91 Å². The molecule has 0 saturated carbocycles. The highest BCUT2D eigenvalue weighted by Gasteiger charge is 2.20. The minimum atomic E-state index is -0.480. The molecule has 1 aromatic rings. The molecule has 1 amide bonds. The summed E-state index contributed by atoms with van der Waals surface area (Å²) < 4.78 is 4.93. The van der Waals surface area contributed by atoms with Crippen LogP contribution in [0.5, 0.6) is 11.5 Å². The molecule has 116 valence electrons. The molecule has 1 aromatic carbocycles. The first-order valence-corrected chi connectivity index (χ1v) is 6.26. The lowest BCUT2D eigenvalue weighted by atomic mass is 10.1. The first-order chi connectivity index (χ1) is 10.0. The standard InChI is InChI=1S/C13H19N3O5/c1-21-8-7-16(6-5-11(14)15-20)13(19)9-3-2-4-10(17)12(9)18/h2-4,17-18,20H,5-8H2,1H3,(H2,14,15). The van der Waals surface area contributed by atoms with Gasteiger partial charge in [-0.3, -0.25) is 4.79 Å². The lowest BCUT2D eigenvalue weighted by molar-refractivity contribution is 0.0697. The molecular weight excluding hydrogens is 278 g/mol. The third-order valence-electron chi connectivity index (χ3n) is 2.86. The first-order valence-electron chi connectivity index (χ1n) is 6.26. The second-order valence-electron chi connectivity index (χ2n) is 4.30. The number of rotatable bonds is 7. The Balaban J connectivity index is 2.90. The number of para-hydroxylation sites is 1. The maximum absolute atomic E-state index is 12.4. The minimum Gasteiger partial charge on any atom is -0.504 e. The van der Waals surface area contributed by atoms with Crippen LogP contribution in [0.1, 0.15) is 16.8 Å². The van der Waals surface area contributed by atoms with Crippen molar-refractivity contribution in [1.82, 2.24) is 4.90 Å². The molecule has 8 heteroatoms. The molecule has 0 spiro atoms. The average Bonchev–Trinajstić information content (AvgIpc) is 2.49. The highest BCUT2D eigenvalue weighted by molar-refractivity contribution is 5.97. The van der Waals surface area contributed by atoms with Crippen molar-refractivity contribution in [3.05, 3.63) is 23.8 Å². The molecule has 0 bridgehead atoms. The van der Waals surface area contributed by atoms with E-state index in [2.05, 4.69) is 5.16 Å². The number of carbonyl (C=O) groups excluding carboxylic acids is 1. The first kappa shape index (κ1) is 16.6. The van der Waals surface area contributed by atoms with Gasteiger partial charge >= 0.3 is 0 Å². The van der Waals surface area contributed by atoms with Crippen molar-refractivity contribution in [2.75, 3.05) is 26.8 Å². The van der Waals surface area contributed by atoms with E-state index in [1.54, 1.807) is 0 Å². The van der Waals surface area contributed by atoms with E-state index in [1.807, 2.05) is 0 Å². The number of amides is 1. The molecule has 0 fully saturated rings. The van der Waals surface area contributed by atoms with Crippen molar-refractivity contribution in [3.63, 3.8) is 0 Å². The SMILES string of the molecule is COCCN(CC/C(N)=N/O)C(=O)c1cccc(O)c1O. The summed E-state index contributed by atoms with van der Waals surface area (Å²) in [6.45, 7) is 0.748. The Morgan fingerprint density at radius 1 is 1.38 bits per heavy atom. The number of carbonyl (C=O) groups is 1. The van der Waals surface area contributed by atoms with Crippen LogP contribution in [0.2, 0.25) is 0 Å². The number of ether oxygens (including phenoxy) is 1. The van der Waals surface area contributed by atoms with Gasteiger partial charge in [0, 0.05) is 26.6 Å². The average molecular weight is 297 g/mol. The molecular formula is C13H19N3O5. The summed E-state index contributed by atoms with van der Waals surface area (Å²) in [5.74, 6) is -1.34. The summed E-state index contributed by atoms with van der Waals surface area (Å²) in [4.78, 5) is 13.8. The second kappa shape index (κ2) is 7.95. The van der Waals surface area contributed by atoms with Gasteiger partial charge in [-0.15, -0.1) is 0 Å². The Morgan fingerprint density at radius 2 is 2.10 bits per heavy atom. The van der Waals surface area contributed by atoms with Gasteiger partial charge < -0.3 is 30.8 Å². The number of aromatic hydroxyl groups is 2. The number of methoxy groups -OCH3 is 1. The fraction of sp³-hybridized carbons (Fsp3) is 0.385. The largest absolute Gasteiger partial charge is 0.504 e. The quantitative estimate of drug-likeness (QED) is 0.189. The molecule has 5 N–H and O–H groups in total. The summed E-state index contributed by atoms with van der Waals surface area (Å²) >= 11 is 0. The van der Waals surface area contributed by atoms with Gasteiger partial charge in [0.15, 0.2) is 11.5 Å². The van der Waals surface area contributed by atoms with Crippen LogP contribution in [0, 0.1) is 0 Å². The summed E-state index contributed by atoms with van der Waals surface area (Å²) in [6.07, 6.45) is 0.172. The monoisotopic (exact) mass is 297 g/mol. The molecule has 1 rings (SSSR count). The summed E-state index contributed by atoms with van der Waals surface area (Å²) in [5, 5.41) is 30.6. The predicted octanol–water partition coefficient (Wildman–Crippen LogP) is 0.323. The van der Waals surface area contributed by atoms with Crippen molar-refractivity contribution in [1.29, 1.82) is 0 Å². The smallest absolute Gasteiger partial charge is 0.257 e.